The van der Waals surface area contributed by atoms with Gasteiger partial charge in [-0.15, -0.1) is 0 Å². The van der Waals surface area contributed by atoms with Crippen LogP contribution in [0.25, 0.3) is 11.1 Å². The van der Waals surface area contributed by atoms with Gasteiger partial charge in [-0.1, -0.05) is 19.1 Å². The molecule has 0 fully saturated rings. The molecule has 0 aromatic heterocycles. The Labute approximate surface area is 133 Å². The Bertz CT molecular complexity index is 718. The molecule has 0 spiro atoms. The average Bonchev–Trinajstić information content (AvgIpc) is 2.53. The molecule has 2 rings (SSSR count). The van der Waals surface area contributed by atoms with Crippen molar-refractivity contribution in [3.63, 3.8) is 0 Å². The lowest BCUT2D eigenvalue weighted by molar-refractivity contribution is 0.101. The van der Waals surface area contributed by atoms with E-state index in [9.17, 15) is 9.00 Å². The van der Waals surface area contributed by atoms with Crippen molar-refractivity contribution >= 4 is 16.6 Å². The van der Waals surface area contributed by atoms with Gasteiger partial charge in [0.25, 0.3) is 0 Å². The van der Waals surface area contributed by atoms with Crippen molar-refractivity contribution in [2.75, 3.05) is 13.4 Å². The van der Waals surface area contributed by atoms with Crippen molar-refractivity contribution in [2.45, 2.75) is 25.2 Å². The first-order valence-electron chi connectivity index (χ1n) is 7.13. The first kappa shape index (κ1) is 16.4. The fourth-order valence-electron chi connectivity index (χ4n) is 2.45. The SMILES string of the molecule is CCc1cc(-c2ccc(S(C)=O)cc2)c(C(C)=O)cc1OC. The van der Waals surface area contributed by atoms with Crippen LogP contribution in [0.2, 0.25) is 0 Å². The molecule has 0 heterocycles. The smallest absolute Gasteiger partial charge is 0.160 e. The van der Waals surface area contributed by atoms with Gasteiger partial charge in [0, 0.05) is 27.5 Å². The molecular formula is C18H20O3S. The highest BCUT2D eigenvalue weighted by Crippen LogP contribution is 2.32. The molecule has 0 bridgehead atoms. The number of hydrogen-bond acceptors (Lipinski definition) is 3. The van der Waals surface area contributed by atoms with E-state index in [1.807, 2.05) is 36.4 Å². The van der Waals surface area contributed by atoms with Crippen LogP contribution in [-0.2, 0) is 17.2 Å². The monoisotopic (exact) mass is 316 g/mol. The molecule has 1 unspecified atom stereocenters. The summed E-state index contributed by atoms with van der Waals surface area (Å²) in [5, 5.41) is 0. The molecule has 0 aliphatic heterocycles. The van der Waals surface area contributed by atoms with Crippen molar-refractivity contribution < 1.29 is 13.7 Å². The minimum atomic E-state index is -1.01. The van der Waals surface area contributed by atoms with Crippen molar-refractivity contribution in [3.8, 4) is 16.9 Å². The molecule has 3 nitrogen and oxygen atoms in total. The van der Waals surface area contributed by atoms with Gasteiger partial charge in [0.2, 0.25) is 0 Å². The van der Waals surface area contributed by atoms with Crippen molar-refractivity contribution in [3.05, 3.63) is 47.5 Å². The molecule has 0 N–H and O–H groups in total. The number of carbonyl (C=O) groups excluding carboxylic acids is 1. The van der Waals surface area contributed by atoms with E-state index in [0.717, 1.165) is 33.8 Å². The maximum atomic E-state index is 12.0. The summed E-state index contributed by atoms with van der Waals surface area (Å²) in [6.45, 7) is 3.61. The van der Waals surface area contributed by atoms with Gasteiger partial charge in [-0.05, 0) is 54.3 Å². The van der Waals surface area contributed by atoms with E-state index in [-0.39, 0.29) is 5.78 Å². The fraction of sp³-hybridized carbons (Fsp3) is 0.278. The Kier molecular flexibility index (Phi) is 5.14. The number of benzene rings is 2. The summed E-state index contributed by atoms with van der Waals surface area (Å²) in [5.74, 6) is 0.738. The summed E-state index contributed by atoms with van der Waals surface area (Å²) in [6.07, 6.45) is 2.48. The third kappa shape index (κ3) is 3.28. The van der Waals surface area contributed by atoms with E-state index in [2.05, 4.69) is 6.92 Å². The number of rotatable bonds is 5. The number of aryl methyl sites for hydroxylation is 1. The molecule has 0 saturated heterocycles. The van der Waals surface area contributed by atoms with Crippen LogP contribution in [0.4, 0.5) is 0 Å². The topological polar surface area (TPSA) is 43.4 Å². The Hall–Kier alpha value is -1.94. The summed E-state index contributed by atoms with van der Waals surface area (Å²) in [7, 11) is 0.609. The van der Waals surface area contributed by atoms with E-state index >= 15 is 0 Å². The number of Topliss-reactive ketones (excluding diaryl/α,β-unsaturated/α-hetero) is 1. The number of carbonyl (C=O) groups is 1. The Morgan fingerprint density at radius 1 is 1.18 bits per heavy atom. The Balaban J connectivity index is 2.61. The van der Waals surface area contributed by atoms with Gasteiger partial charge in [-0.25, -0.2) is 0 Å². The van der Waals surface area contributed by atoms with Crippen LogP contribution in [0.1, 0.15) is 29.8 Å². The standard InChI is InChI=1S/C18H20O3S/c1-5-13-10-17(16(12(2)19)11-18(13)21-3)14-6-8-15(9-7-14)22(4)20/h6-11H,5H2,1-4H3. The minimum absolute atomic E-state index is 0.000836. The van der Waals surface area contributed by atoms with Gasteiger partial charge < -0.3 is 4.74 Å². The molecule has 22 heavy (non-hydrogen) atoms. The summed E-state index contributed by atoms with van der Waals surface area (Å²) < 4.78 is 16.9. The van der Waals surface area contributed by atoms with Gasteiger partial charge >= 0.3 is 0 Å². The van der Waals surface area contributed by atoms with E-state index < -0.39 is 10.8 Å². The lowest BCUT2D eigenvalue weighted by atomic mass is 9.94. The predicted molar refractivity (Wildman–Crippen MR) is 90.1 cm³/mol. The lowest BCUT2D eigenvalue weighted by Crippen LogP contribution is -2.01. The zero-order valence-electron chi connectivity index (χ0n) is 13.3. The number of ketones is 1. The summed E-state index contributed by atoms with van der Waals surface area (Å²) in [6, 6.07) is 11.3. The second-order valence-corrected chi connectivity index (χ2v) is 6.48. The zero-order valence-corrected chi connectivity index (χ0v) is 14.1. The normalized spacial score (nSPS) is 12.0. The maximum Gasteiger partial charge on any atom is 0.160 e. The van der Waals surface area contributed by atoms with Gasteiger partial charge in [0.1, 0.15) is 5.75 Å². The highest BCUT2D eigenvalue weighted by molar-refractivity contribution is 7.84. The van der Waals surface area contributed by atoms with Gasteiger partial charge in [0.05, 0.1) is 7.11 Å². The summed E-state index contributed by atoms with van der Waals surface area (Å²) >= 11 is 0. The number of methoxy groups -OCH3 is 1. The van der Waals surface area contributed by atoms with Gasteiger partial charge in [-0.3, -0.25) is 9.00 Å². The Morgan fingerprint density at radius 2 is 1.82 bits per heavy atom. The first-order chi connectivity index (χ1) is 10.5. The second-order valence-electron chi connectivity index (χ2n) is 5.10. The lowest BCUT2D eigenvalue weighted by Gasteiger charge is -2.14. The largest absolute Gasteiger partial charge is 0.496 e. The molecule has 0 saturated carbocycles. The van der Waals surface area contributed by atoms with E-state index in [1.165, 1.54) is 0 Å². The van der Waals surface area contributed by atoms with Crippen LogP contribution in [0.3, 0.4) is 0 Å². The number of ether oxygens (including phenoxy) is 1. The predicted octanol–water partition coefficient (Wildman–Crippen LogP) is 3.86. The molecule has 1 atom stereocenters. The van der Waals surface area contributed by atoms with Crippen LogP contribution in [-0.4, -0.2) is 23.4 Å². The molecule has 0 aliphatic carbocycles. The van der Waals surface area contributed by atoms with Crippen LogP contribution >= 0.6 is 0 Å². The van der Waals surface area contributed by atoms with E-state index in [1.54, 1.807) is 20.3 Å². The van der Waals surface area contributed by atoms with Gasteiger partial charge in [0.15, 0.2) is 5.78 Å². The molecule has 2 aromatic rings. The Morgan fingerprint density at radius 3 is 2.27 bits per heavy atom. The number of hydrogen-bond donors (Lipinski definition) is 0. The quantitative estimate of drug-likeness (QED) is 0.787. The second kappa shape index (κ2) is 6.88. The molecule has 4 heteroatoms. The maximum absolute atomic E-state index is 12.0. The third-order valence-electron chi connectivity index (χ3n) is 3.68. The molecule has 2 aromatic carbocycles. The van der Waals surface area contributed by atoms with Crippen LogP contribution < -0.4 is 4.74 Å². The highest BCUT2D eigenvalue weighted by Gasteiger charge is 2.14. The third-order valence-corrected chi connectivity index (χ3v) is 4.61. The highest BCUT2D eigenvalue weighted by atomic mass is 32.2. The molecule has 0 aliphatic rings. The zero-order chi connectivity index (χ0) is 16.3. The van der Waals surface area contributed by atoms with Crippen molar-refractivity contribution in [1.29, 1.82) is 0 Å². The van der Waals surface area contributed by atoms with Crippen molar-refractivity contribution in [1.82, 2.24) is 0 Å². The van der Waals surface area contributed by atoms with Gasteiger partial charge in [-0.2, -0.15) is 0 Å². The molecule has 116 valence electrons. The van der Waals surface area contributed by atoms with E-state index in [4.69, 9.17) is 4.74 Å². The summed E-state index contributed by atoms with van der Waals surface area (Å²) in [4.78, 5) is 12.8. The summed E-state index contributed by atoms with van der Waals surface area (Å²) in [5.41, 5.74) is 3.53. The molecular weight excluding hydrogens is 296 g/mol. The first-order valence-corrected chi connectivity index (χ1v) is 8.69. The van der Waals surface area contributed by atoms with Crippen LogP contribution in [0.15, 0.2) is 41.3 Å². The van der Waals surface area contributed by atoms with Crippen LogP contribution in [0.5, 0.6) is 5.75 Å². The molecule has 0 radical (unpaired) electrons. The average molecular weight is 316 g/mol. The van der Waals surface area contributed by atoms with E-state index in [0.29, 0.717) is 5.56 Å². The molecule has 0 amide bonds. The van der Waals surface area contributed by atoms with Crippen LogP contribution in [0, 0.1) is 0 Å². The minimum Gasteiger partial charge on any atom is -0.496 e. The van der Waals surface area contributed by atoms with Crippen molar-refractivity contribution in [2.24, 2.45) is 0 Å². The fourth-order valence-corrected chi connectivity index (χ4v) is 2.97.